The van der Waals surface area contributed by atoms with Crippen LogP contribution in [0, 0.1) is 0 Å². The molecule has 3 heteroatoms. The number of benzene rings is 9. The Bertz CT molecular complexity index is 2980. The Labute approximate surface area is 319 Å². The van der Waals surface area contributed by atoms with Crippen LogP contribution in [-0.4, -0.2) is 5.11 Å². The molecule has 10 aromatic rings. The van der Waals surface area contributed by atoms with Crippen LogP contribution in [0.1, 0.15) is 0 Å². The van der Waals surface area contributed by atoms with E-state index in [9.17, 15) is 5.11 Å². The summed E-state index contributed by atoms with van der Waals surface area (Å²) >= 11 is 0. The van der Waals surface area contributed by atoms with Crippen molar-refractivity contribution < 1.29 is 9.52 Å². The summed E-state index contributed by atoms with van der Waals surface area (Å²) in [6.45, 7) is 0. The zero-order chi connectivity index (χ0) is 36.7. The maximum Gasteiger partial charge on any atom is 0.143 e. The summed E-state index contributed by atoms with van der Waals surface area (Å²) < 4.78 is 6.39. The van der Waals surface area contributed by atoms with Crippen LogP contribution in [-0.2, 0) is 0 Å². The summed E-state index contributed by atoms with van der Waals surface area (Å²) in [5.41, 5.74) is 13.5. The van der Waals surface area contributed by atoms with E-state index in [2.05, 4.69) is 163 Å². The molecule has 0 aliphatic rings. The van der Waals surface area contributed by atoms with Crippen LogP contribution in [0.2, 0.25) is 0 Å². The highest BCUT2D eigenvalue weighted by Gasteiger charge is 2.16. The lowest BCUT2D eigenvalue weighted by Gasteiger charge is -2.26. The number of phenolic OH excluding ortho intramolecular Hbond substituents is 1. The van der Waals surface area contributed by atoms with Crippen molar-refractivity contribution in [3.8, 4) is 50.3 Å². The van der Waals surface area contributed by atoms with E-state index in [1.54, 1.807) is 6.07 Å². The summed E-state index contributed by atoms with van der Waals surface area (Å²) in [7, 11) is 0. The number of aromatic hydroxyl groups is 1. The fraction of sp³-hybridized carbons (Fsp3) is 0. The number of fused-ring (bicyclic) bond motifs is 4. The minimum absolute atomic E-state index is 0.276. The zero-order valence-electron chi connectivity index (χ0n) is 29.9. The van der Waals surface area contributed by atoms with Gasteiger partial charge in [0.15, 0.2) is 0 Å². The van der Waals surface area contributed by atoms with E-state index in [0.717, 1.165) is 72.4 Å². The van der Waals surface area contributed by atoms with E-state index in [0.29, 0.717) is 0 Å². The van der Waals surface area contributed by atoms with Gasteiger partial charge in [-0.05, 0) is 105 Å². The molecule has 0 fully saturated rings. The predicted octanol–water partition coefficient (Wildman–Crippen LogP) is 14.6. The molecule has 0 aliphatic heterocycles. The molecule has 55 heavy (non-hydrogen) atoms. The predicted molar refractivity (Wildman–Crippen MR) is 229 cm³/mol. The van der Waals surface area contributed by atoms with Crippen LogP contribution in [0.5, 0.6) is 5.75 Å². The van der Waals surface area contributed by atoms with Crippen molar-refractivity contribution in [2.75, 3.05) is 4.90 Å². The Balaban J connectivity index is 1.03. The van der Waals surface area contributed by atoms with Gasteiger partial charge in [-0.25, -0.2) is 0 Å². The minimum Gasteiger partial charge on any atom is -0.507 e. The first-order valence-corrected chi connectivity index (χ1v) is 18.6. The number of furan rings is 1. The molecular weight excluding hydrogens is 671 g/mol. The highest BCUT2D eigenvalue weighted by atomic mass is 16.3. The molecule has 0 amide bonds. The Morgan fingerprint density at radius 2 is 0.873 bits per heavy atom. The summed E-state index contributed by atoms with van der Waals surface area (Å²) in [6.07, 6.45) is 0. The van der Waals surface area contributed by atoms with Crippen molar-refractivity contribution in [2.24, 2.45) is 0 Å². The third-order valence-electron chi connectivity index (χ3n) is 10.6. The van der Waals surface area contributed by atoms with Crippen molar-refractivity contribution in [3.05, 3.63) is 206 Å². The smallest absolute Gasteiger partial charge is 0.143 e. The molecule has 0 atom stereocenters. The Kier molecular flexibility index (Phi) is 7.96. The van der Waals surface area contributed by atoms with Gasteiger partial charge in [0.25, 0.3) is 0 Å². The summed E-state index contributed by atoms with van der Waals surface area (Å²) in [5.74, 6) is 0.276. The summed E-state index contributed by atoms with van der Waals surface area (Å²) in [6, 6.07) is 71.8. The van der Waals surface area contributed by atoms with Crippen molar-refractivity contribution in [2.45, 2.75) is 0 Å². The van der Waals surface area contributed by atoms with Crippen LogP contribution in [0.3, 0.4) is 0 Å². The molecule has 1 N–H and O–H groups in total. The number of hydrogen-bond donors (Lipinski definition) is 1. The van der Waals surface area contributed by atoms with E-state index in [-0.39, 0.29) is 5.75 Å². The first kappa shape index (κ1) is 32.3. The van der Waals surface area contributed by atoms with Crippen LogP contribution in [0.15, 0.2) is 211 Å². The highest BCUT2D eigenvalue weighted by molar-refractivity contribution is 6.09. The molecular formula is C52H35NO2. The van der Waals surface area contributed by atoms with Gasteiger partial charge < -0.3 is 14.4 Å². The lowest BCUT2D eigenvalue weighted by atomic mass is 9.98. The van der Waals surface area contributed by atoms with Crippen LogP contribution in [0.4, 0.5) is 17.1 Å². The SMILES string of the molecule is Oc1ccccc1-c1cccc(-c2ccc(N(c3ccc(-c4ccc5ccccc5c4)cc3)c3ccc(-c4cccc5c4oc4ccccc45)cc3)cc2)c1. The monoisotopic (exact) mass is 705 g/mol. The molecule has 0 saturated heterocycles. The van der Waals surface area contributed by atoms with Gasteiger partial charge in [0.2, 0.25) is 0 Å². The number of rotatable bonds is 7. The standard InChI is InChI=1S/C52H35NO2/c54-50-17-5-3-13-46(50)42-12-7-11-40(34-42)36-21-27-43(28-22-36)53(44-29-23-37(24-30-44)41-20-19-35-9-1-2-10-39(35)33-41)45-31-25-38(26-32-45)47-15-8-16-49-48-14-4-6-18-51(48)55-52(47)49/h1-34,54H. The van der Waals surface area contributed by atoms with E-state index >= 15 is 0 Å². The zero-order valence-corrected chi connectivity index (χ0v) is 29.9. The number of hydrogen-bond acceptors (Lipinski definition) is 3. The third kappa shape index (κ3) is 5.98. The molecule has 0 spiro atoms. The highest BCUT2D eigenvalue weighted by Crippen LogP contribution is 2.40. The Morgan fingerprint density at radius 1 is 0.345 bits per heavy atom. The van der Waals surface area contributed by atoms with Gasteiger partial charge in [-0.1, -0.05) is 146 Å². The maximum absolute atomic E-state index is 10.5. The van der Waals surface area contributed by atoms with Crippen LogP contribution in [0.25, 0.3) is 77.2 Å². The number of anilines is 3. The van der Waals surface area contributed by atoms with E-state index in [1.807, 2.05) is 42.5 Å². The fourth-order valence-electron chi connectivity index (χ4n) is 7.77. The molecule has 0 saturated carbocycles. The topological polar surface area (TPSA) is 36.6 Å². The van der Waals surface area contributed by atoms with Gasteiger partial charge in [-0.15, -0.1) is 0 Å². The molecule has 260 valence electrons. The van der Waals surface area contributed by atoms with Gasteiger partial charge >= 0.3 is 0 Å². The van der Waals surface area contributed by atoms with Gasteiger partial charge in [0, 0.05) is 39.0 Å². The lowest BCUT2D eigenvalue weighted by Crippen LogP contribution is -2.09. The van der Waals surface area contributed by atoms with Gasteiger partial charge in [0.1, 0.15) is 16.9 Å². The van der Waals surface area contributed by atoms with Gasteiger partial charge in [-0.3, -0.25) is 0 Å². The van der Waals surface area contributed by atoms with Crippen molar-refractivity contribution in [1.82, 2.24) is 0 Å². The average molecular weight is 706 g/mol. The second-order valence-electron chi connectivity index (χ2n) is 13.9. The van der Waals surface area contributed by atoms with Gasteiger partial charge in [-0.2, -0.15) is 0 Å². The lowest BCUT2D eigenvalue weighted by molar-refractivity contribution is 0.477. The molecule has 0 unspecified atom stereocenters. The quantitative estimate of drug-likeness (QED) is 0.179. The molecule has 10 rings (SSSR count). The summed E-state index contributed by atoms with van der Waals surface area (Å²) in [5, 5.41) is 15.2. The Morgan fingerprint density at radius 3 is 1.60 bits per heavy atom. The molecule has 1 aromatic heterocycles. The van der Waals surface area contributed by atoms with Crippen LogP contribution < -0.4 is 4.90 Å². The molecule has 9 aromatic carbocycles. The molecule has 0 radical (unpaired) electrons. The third-order valence-corrected chi connectivity index (χ3v) is 10.6. The normalized spacial score (nSPS) is 11.3. The molecule has 1 heterocycles. The second kappa shape index (κ2) is 13.6. The molecule has 0 bridgehead atoms. The van der Waals surface area contributed by atoms with Crippen molar-refractivity contribution in [1.29, 1.82) is 0 Å². The number of phenols is 1. The van der Waals surface area contributed by atoms with E-state index in [4.69, 9.17) is 4.42 Å². The second-order valence-corrected chi connectivity index (χ2v) is 13.9. The minimum atomic E-state index is 0.276. The van der Waals surface area contributed by atoms with E-state index in [1.165, 1.54) is 21.9 Å². The molecule has 3 nitrogen and oxygen atoms in total. The number of nitrogens with zero attached hydrogens (tertiary/aromatic N) is 1. The fourth-order valence-corrected chi connectivity index (χ4v) is 7.77. The van der Waals surface area contributed by atoms with Gasteiger partial charge in [0.05, 0.1) is 0 Å². The largest absolute Gasteiger partial charge is 0.507 e. The first-order valence-electron chi connectivity index (χ1n) is 18.6. The molecule has 0 aliphatic carbocycles. The maximum atomic E-state index is 10.5. The van der Waals surface area contributed by atoms with E-state index < -0.39 is 0 Å². The number of para-hydroxylation sites is 3. The summed E-state index contributed by atoms with van der Waals surface area (Å²) in [4.78, 5) is 2.30. The van der Waals surface area contributed by atoms with Crippen molar-refractivity contribution in [3.63, 3.8) is 0 Å². The first-order chi connectivity index (χ1) is 27.2. The average Bonchev–Trinajstić information content (AvgIpc) is 3.64. The Hall–Kier alpha value is -7.36. The van der Waals surface area contributed by atoms with Crippen LogP contribution >= 0.6 is 0 Å². The van der Waals surface area contributed by atoms with Crippen molar-refractivity contribution >= 4 is 49.8 Å².